The molecule has 4 saturated carbocycles. The zero-order valence-electron chi connectivity index (χ0n) is 28.7. The Labute approximate surface area is 265 Å². The molecule has 0 saturated heterocycles. The van der Waals surface area contributed by atoms with Gasteiger partial charge >= 0.3 is 5.97 Å². The van der Waals surface area contributed by atoms with Gasteiger partial charge in [0.2, 0.25) is 5.91 Å². The van der Waals surface area contributed by atoms with Crippen LogP contribution in [0.15, 0.2) is 35.4 Å². The zero-order chi connectivity index (χ0) is 32.0. The van der Waals surface area contributed by atoms with Crippen molar-refractivity contribution in [3.63, 3.8) is 0 Å². The van der Waals surface area contributed by atoms with E-state index in [1.807, 2.05) is 31.2 Å². The Morgan fingerprint density at radius 1 is 0.909 bits per heavy atom. The van der Waals surface area contributed by atoms with Gasteiger partial charge in [-0.1, -0.05) is 60.6 Å². The molecule has 4 fully saturated rings. The number of ketones is 1. The lowest BCUT2D eigenvalue weighted by Gasteiger charge is -2.72. The van der Waals surface area contributed by atoms with Crippen molar-refractivity contribution in [1.82, 2.24) is 0 Å². The second-order valence-corrected chi connectivity index (χ2v) is 17.1. The molecule has 6 rings (SSSR count). The SMILES string of the molecule is CC(=O)O[C@H]1CC[C@]2(C)[C@H]3CC[C@@H]4C5=C(C(C)C)C(=O)C[C@]5(C(=O)Nc5cccc(C)c5)CC[C@@]4(C)[C@]3(C)CC[C@H]2C1(C)C. The lowest BCUT2D eigenvalue weighted by molar-refractivity contribution is -0.232. The lowest BCUT2D eigenvalue weighted by Crippen LogP contribution is -2.66. The fourth-order valence-corrected chi connectivity index (χ4v) is 12.3. The van der Waals surface area contributed by atoms with Crippen LogP contribution in [0.4, 0.5) is 5.69 Å². The van der Waals surface area contributed by atoms with Crippen LogP contribution in [-0.4, -0.2) is 23.8 Å². The number of carbonyl (C=O) groups excluding carboxylic acids is 3. The number of rotatable bonds is 4. The Morgan fingerprint density at radius 2 is 1.64 bits per heavy atom. The molecule has 44 heavy (non-hydrogen) atoms. The first kappa shape index (κ1) is 31.5. The predicted molar refractivity (Wildman–Crippen MR) is 175 cm³/mol. The fraction of sp³-hybridized carbons (Fsp3) is 0.718. The van der Waals surface area contributed by atoms with Gasteiger partial charge in [-0.05, 0) is 127 Å². The Kier molecular flexibility index (Phi) is 7.38. The van der Waals surface area contributed by atoms with Gasteiger partial charge in [0.05, 0.1) is 5.41 Å². The van der Waals surface area contributed by atoms with E-state index in [2.05, 4.69) is 53.8 Å². The number of carbonyl (C=O) groups is 3. The third-order valence-corrected chi connectivity index (χ3v) is 14.4. The van der Waals surface area contributed by atoms with E-state index >= 15 is 0 Å². The molecule has 0 heterocycles. The Bertz CT molecular complexity index is 1420. The van der Waals surface area contributed by atoms with Crippen molar-refractivity contribution < 1.29 is 19.1 Å². The summed E-state index contributed by atoms with van der Waals surface area (Å²) < 4.78 is 5.93. The van der Waals surface area contributed by atoms with Gasteiger partial charge < -0.3 is 10.1 Å². The maximum atomic E-state index is 14.4. The van der Waals surface area contributed by atoms with Crippen molar-refractivity contribution in [3.05, 3.63) is 41.0 Å². The van der Waals surface area contributed by atoms with E-state index < -0.39 is 5.41 Å². The zero-order valence-corrected chi connectivity index (χ0v) is 28.7. The van der Waals surface area contributed by atoms with Crippen LogP contribution in [0.5, 0.6) is 0 Å². The van der Waals surface area contributed by atoms with Crippen LogP contribution in [-0.2, 0) is 19.1 Å². The van der Waals surface area contributed by atoms with Crippen LogP contribution >= 0.6 is 0 Å². The first-order valence-corrected chi connectivity index (χ1v) is 17.3. The van der Waals surface area contributed by atoms with Gasteiger partial charge in [0.1, 0.15) is 6.10 Å². The summed E-state index contributed by atoms with van der Waals surface area (Å²) in [6.45, 7) is 20.2. The predicted octanol–water partition coefficient (Wildman–Crippen LogP) is 8.85. The maximum absolute atomic E-state index is 14.4. The van der Waals surface area contributed by atoms with E-state index in [9.17, 15) is 14.4 Å². The number of aryl methyl sites for hydroxylation is 1. The van der Waals surface area contributed by atoms with E-state index in [0.717, 1.165) is 68.2 Å². The molecule has 0 bridgehead atoms. The number of allylic oxidation sites excluding steroid dienone is 1. The monoisotopic (exact) mass is 601 g/mol. The van der Waals surface area contributed by atoms with Crippen LogP contribution in [0.3, 0.4) is 0 Å². The normalized spacial score (nSPS) is 40.9. The minimum absolute atomic E-state index is 0.00792. The molecule has 1 amide bonds. The Hall–Kier alpha value is -2.43. The van der Waals surface area contributed by atoms with Crippen LogP contribution in [0, 0.1) is 57.7 Å². The molecule has 0 radical (unpaired) electrons. The summed E-state index contributed by atoms with van der Waals surface area (Å²) in [7, 11) is 0. The summed E-state index contributed by atoms with van der Waals surface area (Å²) in [5.74, 6) is 1.41. The molecule has 1 aromatic rings. The smallest absolute Gasteiger partial charge is 0.302 e. The highest BCUT2D eigenvalue weighted by molar-refractivity contribution is 6.10. The highest BCUT2D eigenvalue weighted by Gasteiger charge is 2.71. The quantitative estimate of drug-likeness (QED) is 0.350. The number of hydrogen-bond donors (Lipinski definition) is 1. The molecule has 0 unspecified atom stereocenters. The first-order valence-electron chi connectivity index (χ1n) is 17.3. The third-order valence-electron chi connectivity index (χ3n) is 14.4. The molecule has 5 aliphatic rings. The molecule has 0 spiro atoms. The number of benzene rings is 1. The number of nitrogens with one attached hydrogen (secondary N) is 1. The highest BCUT2D eigenvalue weighted by Crippen LogP contribution is 2.76. The molecule has 8 atom stereocenters. The van der Waals surface area contributed by atoms with Crippen molar-refractivity contribution in [2.24, 2.45) is 50.7 Å². The number of hydrogen-bond acceptors (Lipinski definition) is 4. The average molecular weight is 602 g/mol. The minimum Gasteiger partial charge on any atom is -0.462 e. The van der Waals surface area contributed by atoms with Crippen molar-refractivity contribution in [2.75, 3.05) is 5.32 Å². The summed E-state index contributed by atoms with van der Waals surface area (Å²) in [6, 6.07) is 8.01. The molecule has 0 aliphatic heterocycles. The van der Waals surface area contributed by atoms with Crippen LogP contribution in [0.25, 0.3) is 0 Å². The van der Waals surface area contributed by atoms with Crippen molar-refractivity contribution in [3.8, 4) is 0 Å². The van der Waals surface area contributed by atoms with Gasteiger partial charge in [-0.15, -0.1) is 0 Å². The molecule has 5 aliphatic carbocycles. The van der Waals surface area contributed by atoms with Crippen molar-refractivity contribution in [1.29, 1.82) is 0 Å². The second-order valence-electron chi connectivity index (χ2n) is 17.1. The fourth-order valence-electron chi connectivity index (χ4n) is 12.3. The summed E-state index contributed by atoms with van der Waals surface area (Å²) >= 11 is 0. The number of Topliss-reactive ketones (excluding diaryl/α,β-unsaturated/α-hetero) is 1. The third kappa shape index (κ3) is 4.26. The molecular formula is C39H55NO4. The summed E-state index contributed by atoms with van der Waals surface area (Å²) in [5.41, 5.74) is 3.53. The number of fused-ring (bicyclic) bond motifs is 7. The van der Waals surface area contributed by atoms with Gasteiger partial charge in [-0.2, -0.15) is 0 Å². The molecule has 5 heteroatoms. The molecule has 240 valence electrons. The minimum atomic E-state index is -0.751. The summed E-state index contributed by atoms with van der Waals surface area (Å²) in [4.78, 5) is 40.3. The van der Waals surface area contributed by atoms with Gasteiger partial charge in [0.15, 0.2) is 5.78 Å². The molecule has 1 N–H and O–H groups in total. The Balaban J connectivity index is 1.39. The van der Waals surface area contributed by atoms with Gasteiger partial charge in [-0.3, -0.25) is 14.4 Å². The highest BCUT2D eigenvalue weighted by atomic mass is 16.5. The van der Waals surface area contributed by atoms with Crippen molar-refractivity contribution in [2.45, 2.75) is 126 Å². The van der Waals surface area contributed by atoms with E-state index in [1.54, 1.807) is 6.92 Å². The van der Waals surface area contributed by atoms with E-state index in [1.165, 1.54) is 5.57 Å². The van der Waals surface area contributed by atoms with Gasteiger partial charge in [0.25, 0.3) is 0 Å². The van der Waals surface area contributed by atoms with Crippen LogP contribution < -0.4 is 5.32 Å². The number of amides is 1. The summed E-state index contributed by atoms with van der Waals surface area (Å²) in [6.07, 6.45) is 8.42. The average Bonchev–Trinajstić information content (AvgIpc) is 3.24. The van der Waals surface area contributed by atoms with E-state index in [0.29, 0.717) is 18.3 Å². The molecule has 1 aromatic carbocycles. The second kappa shape index (κ2) is 10.3. The largest absolute Gasteiger partial charge is 0.462 e. The maximum Gasteiger partial charge on any atom is 0.302 e. The van der Waals surface area contributed by atoms with Gasteiger partial charge in [-0.25, -0.2) is 0 Å². The number of esters is 1. The molecular weight excluding hydrogens is 546 g/mol. The molecule has 0 aromatic heterocycles. The number of ether oxygens (including phenoxy) is 1. The van der Waals surface area contributed by atoms with Crippen LogP contribution in [0.1, 0.15) is 119 Å². The van der Waals surface area contributed by atoms with Crippen molar-refractivity contribution >= 4 is 23.3 Å². The van der Waals surface area contributed by atoms with E-state index in [4.69, 9.17) is 4.74 Å². The lowest BCUT2D eigenvalue weighted by atomic mass is 9.33. The molecule has 5 nitrogen and oxygen atoms in total. The Morgan fingerprint density at radius 3 is 2.30 bits per heavy atom. The van der Waals surface area contributed by atoms with E-state index in [-0.39, 0.29) is 57.3 Å². The van der Waals surface area contributed by atoms with Crippen LogP contribution in [0.2, 0.25) is 0 Å². The topological polar surface area (TPSA) is 72.5 Å². The summed E-state index contributed by atoms with van der Waals surface area (Å²) in [5, 5.41) is 3.28. The standard InChI is InChI=1S/C39H55NO4/c1-23(2)32-28(42)22-39(34(43)40-26-12-10-11-24(3)21-26)20-19-37(8)27(33(32)39)13-14-30-36(7)17-16-31(44-25(4)41)35(5,6)29(36)15-18-38(30,37)9/h10-12,21,23,27,29-31H,13-20,22H2,1-9H3,(H,40,43)/t27-,29+,30-,31+,36+,37-,38-,39-/m1/s1. The number of anilines is 1. The first-order chi connectivity index (χ1) is 20.5. The van der Waals surface area contributed by atoms with Gasteiger partial charge in [0, 0.05) is 24.4 Å².